The zero-order valence-electron chi connectivity index (χ0n) is 16.5. The number of aryl methyl sites for hydroxylation is 3. The van der Waals surface area contributed by atoms with Crippen molar-refractivity contribution in [1.29, 1.82) is 0 Å². The molecule has 0 saturated heterocycles. The zero-order valence-corrected chi connectivity index (χ0v) is 16.5. The first-order valence-corrected chi connectivity index (χ1v) is 8.90. The summed E-state index contributed by atoms with van der Waals surface area (Å²) in [5.41, 5.74) is 2.34. The van der Waals surface area contributed by atoms with Crippen LogP contribution in [-0.2, 0) is 24.6 Å². The van der Waals surface area contributed by atoms with Crippen LogP contribution >= 0.6 is 0 Å². The molecule has 2 aromatic heterocycles. The van der Waals surface area contributed by atoms with Crippen LogP contribution in [0.5, 0.6) is 5.88 Å². The number of amides is 1. The number of rotatable bonds is 5. The molecule has 3 rings (SSSR count). The van der Waals surface area contributed by atoms with Crippen LogP contribution in [-0.4, -0.2) is 39.2 Å². The second-order valence-electron chi connectivity index (χ2n) is 6.94. The van der Waals surface area contributed by atoms with E-state index in [1.807, 2.05) is 19.9 Å². The fourth-order valence-electron chi connectivity index (χ4n) is 3.05. The number of hydrogen-bond donors (Lipinski definition) is 0. The number of alkyl halides is 3. The molecule has 0 N–H and O–H groups in total. The molecule has 0 radical (unpaired) electrons. The summed E-state index contributed by atoms with van der Waals surface area (Å²) in [5, 5.41) is 5.04. The van der Waals surface area contributed by atoms with Crippen LogP contribution < -0.4 is 4.74 Å². The Bertz CT molecular complexity index is 1040. The maximum Gasteiger partial charge on any atom is 0.416 e. The molecular formula is C20H21F3N4O2. The standard InChI is InChI=1S/C20H21F3N4O2/c1-12-9-13(2)24-18-17(12)19(25-27(18)4)29-11-16(28)26(3)10-14-5-7-15(8-6-14)20(21,22)23/h5-9H,10-11H2,1-4H3. The highest BCUT2D eigenvalue weighted by Gasteiger charge is 2.30. The Hall–Kier alpha value is -3.10. The second-order valence-corrected chi connectivity index (χ2v) is 6.94. The first-order chi connectivity index (χ1) is 13.6. The van der Waals surface area contributed by atoms with Gasteiger partial charge >= 0.3 is 6.18 Å². The lowest BCUT2D eigenvalue weighted by atomic mass is 10.1. The Kier molecular flexibility index (Phi) is 5.50. The third-order valence-electron chi connectivity index (χ3n) is 4.55. The van der Waals surface area contributed by atoms with E-state index in [1.54, 1.807) is 18.8 Å². The van der Waals surface area contributed by atoms with Gasteiger partial charge < -0.3 is 9.64 Å². The third kappa shape index (κ3) is 4.49. The first kappa shape index (κ1) is 20.6. The number of nitrogens with zero attached hydrogens (tertiary/aromatic N) is 4. The van der Waals surface area contributed by atoms with E-state index in [9.17, 15) is 18.0 Å². The molecule has 29 heavy (non-hydrogen) atoms. The van der Waals surface area contributed by atoms with E-state index in [0.717, 1.165) is 28.8 Å². The summed E-state index contributed by atoms with van der Waals surface area (Å²) in [6.45, 7) is 3.74. The van der Waals surface area contributed by atoms with Gasteiger partial charge in [0.2, 0.25) is 5.88 Å². The Balaban J connectivity index is 1.66. The van der Waals surface area contributed by atoms with E-state index in [4.69, 9.17) is 4.74 Å². The maximum absolute atomic E-state index is 12.6. The predicted octanol–water partition coefficient (Wildman–Crippen LogP) is 3.64. The van der Waals surface area contributed by atoms with Crippen LogP contribution in [0.1, 0.15) is 22.4 Å². The molecule has 0 aliphatic heterocycles. The van der Waals surface area contributed by atoms with E-state index in [0.29, 0.717) is 17.1 Å². The number of likely N-dealkylation sites (N-methyl/N-ethyl adjacent to an activating group) is 1. The van der Waals surface area contributed by atoms with E-state index in [-0.39, 0.29) is 19.1 Å². The Morgan fingerprint density at radius 2 is 1.86 bits per heavy atom. The van der Waals surface area contributed by atoms with Crippen molar-refractivity contribution < 1.29 is 22.7 Å². The average Bonchev–Trinajstić information content (AvgIpc) is 2.95. The summed E-state index contributed by atoms with van der Waals surface area (Å²) in [4.78, 5) is 18.2. The Labute approximate surface area is 165 Å². The number of carbonyl (C=O) groups excluding carboxylic acids is 1. The van der Waals surface area contributed by atoms with Crippen LogP contribution in [0.2, 0.25) is 0 Å². The van der Waals surface area contributed by atoms with Crippen LogP contribution in [0.25, 0.3) is 11.0 Å². The number of aromatic nitrogens is 3. The smallest absolute Gasteiger partial charge is 0.416 e. The minimum absolute atomic E-state index is 0.170. The van der Waals surface area contributed by atoms with Gasteiger partial charge in [-0.1, -0.05) is 12.1 Å². The molecule has 0 bridgehead atoms. The lowest BCUT2D eigenvalue weighted by Crippen LogP contribution is -2.31. The van der Waals surface area contributed by atoms with E-state index >= 15 is 0 Å². The van der Waals surface area contributed by atoms with Crippen molar-refractivity contribution >= 4 is 16.9 Å². The van der Waals surface area contributed by atoms with Crippen LogP contribution in [0.3, 0.4) is 0 Å². The Morgan fingerprint density at radius 1 is 1.21 bits per heavy atom. The number of fused-ring (bicyclic) bond motifs is 1. The molecule has 0 spiro atoms. The van der Waals surface area contributed by atoms with Crippen molar-refractivity contribution in [2.24, 2.45) is 7.05 Å². The van der Waals surface area contributed by atoms with Gasteiger partial charge in [0.1, 0.15) is 0 Å². The van der Waals surface area contributed by atoms with Gasteiger partial charge in [-0.15, -0.1) is 5.10 Å². The zero-order chi connectivity index (χ0) is 21.3. The topological polar surface area (TPSA) is 60.2 Å². The van der Waals surface area contributed by atoms with Gasteiger partial charge in [-0.25, -0.2) is 9.67 Å². The van der Waals surface area contributed by atoms with Crippen molar-refractivity contribution in [1.82, 2.24) is 19.7 Å². The SMILES string of the molecule is Cc1cc(C)c2c(OCC(=O)N(C)Cc3ccc(C(F)(F)F)cc3)nn(C)c2n1. The number of hydrogen-bond acceptors (Lipinski definition) is 4. The quantitative estimate of drug-likeness (QED) is 0.649. The summed E-state index contributed by atoms with van der Waals surface area (Å²) in [7, 11) is 3.32. The molecule has 154 valence electrons. The highest BCUT2D eigenvalue weighted by atomic mass is 19.4. The molecule has 0 atom stereocenters. The minimum atomic E-state index is -4.38. The van der Waals surface area contributed by atoms with Crippen molar-refractivity contribution in [2.75, 3.05) is 13.7 Å². The monoisotopic (exact) mass is 406 g/mol. The molecule has 0 unspecified atom stereocenters. The summed E-state index contributed by atoms with van der Waals surface area (Å²) < 4.78 is 45.2. The molecule has 2 heterocycles. The molecular weight excluding hydrogens is 385 g/mol. The van der Waals surface area contributed by atoms with Crippen LogP contribution in [0.4, 0.5) is 13.2 Å². The average molecular weight is 406 g/mol. The van der Waals surface area contributed by atoms with Gasteiger partial charge in [0.15, 0.2) is 12.3 Å². The van der Waals surface area contributed by atoms with Crippen molar-refractivity contribution in [2.45, 2.75) is 26.6 Å². The largest absolute Gasteiger partial charge is 0.466 e. The molecule has 3 aromatic rings. The normalized spacial score (nSPS) is 11.7. The van der Waals surface area contributed by atoms with Gasteiger partial charge in [0, 0.05) is 26.3 Å². The molecule has 0 aliphatic carbocycles. The summed E-state index contributed by atoms with van der Waals surface area (Å²) in [5.74, 6) is 0.00482. The number of halogens is 3. The Morgan fingerprint density at radius 3 is 2.48 bits per heavy atom. The third-order valence-corrected chi connectivity index (χ3v) is 4.55. The van der Waals surface area contributed by atoms with Crippen molar-refractivity contribution in [3.8, 4) is 5.88 Å². The van der Waals surface area contributed by atoms with Crippen molar-refractivity contribution in [3.63, 3.8) is 0 Å². The van der Waals surface area contributed by atoms with Gasteiger partial charge in [-0.2, -0.15) is 13.2 Å². The van der Waals surface area contributed by atoms with Crippen molar-refractivity contribution in [3.05, 3.63) is 52.7 Å². The fourth-order valence-corrected chi connectivity index (χ4v) is 3.05. The number of pyridine rings is 1. The van der Waals surface area contributed by atoms with Gasteiger partial charge in [0.25, 0.3) is 5.91 Å². The highest BCUT2D eigenvalue weighted by Crippen LogP contribution is 2.29. The maximum atomic E-state index is 12.6. The molecule has 0 fully saturated rings. The summed E-state index contributed by atoms with van der Waals surface area (Å²) in [6, 6.07) is 6.63. The van der Waals surface area contributed by atoms with E-state index in [2.05, 4.69) is 10.1 Å². The van der Waals surface area contributed by atoms with E-state index < -0.39 is 11.7 Å². The molecule has 9 heteroatoms. The number of ether oxygens (including phenoxy) is 1. The molecule has 0 saturated carbocycles. The minimum Gasteiger partial charge on any atom is -0.466 e. The molecule has 1 amide bonds. The number of benzene rings is 1. The highest BCUT2D eigenvalue weighted by molar-refractivity contribution is 5.85. The van der Waals surface area contributed by atoms with Gasteiger partial charge in [0.05, 0.1) is 10.9 Å². The number of carbonyl (C=O) groups is 1. The van der Waals surface area contributed by atoms with Crippen LogP contribution in [0.15, 0.2) is 30.3 Å². The van der Waals surface area contributed by atoms with Gasteiger partial charge in [-0.3, -0.25) is 4.79 Å². The molecule has 0 aliphatic rings. The van der Waals surface area contributed by atoms with Crippen LogP contribution in [0, 0.1) is 13.8 Å². The molecule has 6 nitrogen and oxygen atoms in total. The predicted molar refractivity (Wildman–Crippen MR) is 101 cm³/mol. The summed E-state index contributed by atoms with van der Waals surface area (Å²) in [6.07, 6.45) is -4.38. The lowest BCUT2D eigenvalue weighted by molar-refractivity contribution is -0.137. The first-order valence-electron chi connectivity index (χ1n) is 8.90. The second kappa shape index (κ2) is 7.73. The fraction of sp³-hybridized carbons (Fsp3) is 0.350. The van der Waals surface area contributed by atoms with E-state index in [1.165, 1.54) is 17.0 Å². The van der Waals surface area contributed by atoms with Gasteiger partial charge in [-0.05, 0) is 43.2 Å². The summed E-state index contributed by atoms with van der Waals surface area (Å²) >= 11 is 0. The lowest BCUT2D eigenvalue weighted by Gasteiger charge is -2.17. The molecule has 1 aromatic carbocycles.